The number of nitrogens with zero attached hydrogens (tertiary/aromatic N) is 2. The molecule has 1 atom stereocenters. The third-order valence-corrected chi connectivity index (χ3v) is 4.47. The van der Waals surface area contributed by atoms with E-state index in [2.05, 4.69) is 34.3 Å². The van der Waals surface area contributed by atoms with Gasteiger partial charge in [0.25, 0.3) is 0 Å². The van der Waals surface area contributed by atoms with Crippen molar-refractivity contribution in [3.05, 3.63) is 29.8 Å². The van der Waals surface area contributed by atoms with Gasteiger partial charge in [-0.2, -0.15) is 0 Å². The van der Waals surface area contributed by atoms with Crippen LogP contribution in [0.3, 0.4) is 0 Å². The summed E-state index contributed by atoms with van der Waals surface area (Å²) < 4.78 is 0. The maximum Gasteiger partial charge on any atom is 0.244 e. The van der Waals surface area contributed by atoms with Gasteiger partial charge < -0.3 is 16.0 Å². The molecule has 1 aromatic carbocycles. The Balaban J connectivity index is 0.00000288. The molecule has 1 unspecified atom stereocenters. The molecule has 0 saturated carbocycles. The molecular formula is C18H31ClN4O. The van der Waals surface area contributed by atoms with E-state index in [1.165, 1.54) is 5.56 Å². The molecule has 0 radical (unpaired) electrons. The van der Waals surface area contributed by atoms with Crippen LogP contribution in [0.4, 0.5) is 5.69 Å². The van der Waals surface area contributed by atoms with Gasteiger partial charge in [-0.1, -0.05) is 25.5 Å². The highest BCUT2D eigenvalue weighted by atomic mass is 35.5. The number of hydrogen-bond acceptors (Lipinski definition) is 4. The van der Waals surface area contributed by atoms with Gasteiger partial charge >= 0.3 is 0 Å². The first-order chi connectivity index (χ1) is 10.9. The first kappa shape index (κ1) is 20.9. The lowest BCUT2D eigenvalue weighted by Crippen LogP contribution is -2.48. The summed E-state index contributed by atoms with van der Waals surface area (Å²) in [5.41, 5.74) is 7.33. The van der Waals surface area contributed by atoms with Crippen LogP contribution in [0.25, 0.3) is 0 Å². The van der Waals surface area contributed by atoms with Gasteiger partial charge in [0.15, 0.2) is 0 Å². The van der Waals surface area contributed by atoms with E-state index in [0.717, 1.165) is 44.8 Å². The fourth-order valence-corrected chi connectivity index (χ4v) is 2.92. The molecule has 3 N–H and O–H groups in total. The Kier molecular flexibility index (Phi) is 8.16. The molecule has 0 aromatic heterocycles. The zero-order chi connectivity index (χ0) is 16.9. The number of benzene rings is 1. The minimum atomic E-state index is -0.817. The predicted octanol–water partition coefficient (Wildman–Crippen LogP) is 2.31. The molecule has 1 aromatic rings. The summed E-state index contributed by atoms with van der Waals surface area (Å²) >= 11 is 0. The number of carbonyl (C=O) groups is 1. The molecule has 1 aliphatic rings. The second-order valence-corrected chi connectivity index (χ2v) is 6.90. The number of piperazine rings is 1. The van der Waals surface area contributed by atoms with Crippen molar-refractivity contribution in [3.63, 3.8) is 0 Å². The number of nitrogens with two attached hydrogens (primary N) is 1. The summed E-state index contributed by atoms with van der Waals surface area (Å²) in [6.45, 7) is 9.15. The number of carbonyl (C=O) groups excluding carboxylic acids is 1. The quantitative estimate of drug-likeness (QED) is 0.823. The van der Waals surface area contributed by atoms with Crippen LogP contribution in [-0.2, 0) is 11.3 Å². The highest BCUT2D eigenvalue weighted by molar-refractivity contribution is 5.97. The average Bonchev–Trinajstić information content (AvgIpc) is 2.50. The molecule has 1 fully saturated rings. The summed E-state index contributed by atoms with van der Waals surface area (Å²) in [6, 6.07) is 8.09. The number of nitrogens with one attached hydrogen (secondary N) is 1. The smallest absolute Gasteiger partial charge is 0.244 e. The van der Waals surface area contributed by atoms with Crippen LogP contribution in [0.15, 0.2) is 24.3 Å². The van der Waals surface area contributed by atoms with Crippen LogP contribution in [0, 0.1) is 0 Å². The van der Waals surface area contributed by atoms with Crippen molar-refractivity contribution in [1.29, 1.82) is 0 Å². The van der Waals surface area contributed by atoms with Crippen molar-refractivity contribution >= 4 is 24.0 Å². The van der Waals surface area contributed by atoms with Gasteiger partial charge in [-0.05, 0) is 38.1 Å². The molecule has 136 valence electrons. The van der Waals surface area contributed by atoms with Crippen LogP contribution in [0.1, 0.15) is 32.3 Å². The van der Waals surface area contributed by atoms with Gasteiger partial charge in [-0.3, -0.25) is 9.69 Å². The summed E-state index contributed by atoms with van der Waals surface area (Å²) in [4.78, 5) is 17.1. The van der Waals surface area contributed by atoms with Crippen LogP contribution < -0.4 is 11.1 Å². The summed E-state index contributed by atoms with van der Waals surface area (Å²) in [5, 5.41) is 2.96. The molecule has 2 rings (SSSR count). The van der Waals surface area contributed by atoms with E-state index >= 15 is 0 Å². The van der Waals surface area contributed by atoms with Gasteiger partial charge in [-0.15, -0.1) is 12.4 Å². The van der Waals surface area contributed by atoms with Crippen LogP contribution in [0.2, 0.25) is 0 Å². The second-order valence-electron chi connectivity index (χ2n) is 6.90. The van der Waals surface area contributed by atoms with Crippen LogP contribution in [-0.4, -0.2) is 54.5 Å². The number of likely N-dealkylation sites (N-methyl/N-ethyl adjacent to an activating group) is 1. The van der Waals surface area contributed by atoms with Crippen molar-refractivity contribution in [2.45, 2.75) is 38.8 Å². The van der Waals surface area contributed by atoms with Crippen LogP contribution >= 0.6 is 12.4 Å². The standard InChI is InChI=1S/C18H30N4O.ClH/c1-4-8-18(2,19)17(23)20-16-7-5-6-15(13-16)14-22-11-9-21(3)10-12-22;/h5-7,13H,4,8-12,14,19H2,1-3H3,(H,20,23);1H. The zero-order valence-electron chi connectivity index (χ0n) is 15.0. The Hall–Kier alpha value is -1.14. The Morgan fingerprint density at radius 3 is 2.58 bits per heavy atom. The van der Waals surface area contributed by atoms with Gasteiger partial charge in [-0.25, -0.2) is 0 Å². The third kappa shape index (κ3) is 6.06. The second kappa shape index (κ2) is 9.37. The van der Waals surface area contributed by atoms with Gasteiger partial charge in [0, 0.05) is 38.4 Å². The number of rotatable bonds is 6. The first-order valence-electron chi connectivity index (χ1n) is 8.51. The molecule has 6 heteroatoms. The van der Waals surface area contributed by atoms with Gasteiger partial charge in [0.2, 0.25) is 5.91 Å². The molecule has 1 aliphatic heterocycles. The van der Waals surface area contributed by atoms with E-state index in [4.69, 9.17) is 5.73 Å². The molecule has 5 nitrogen and oxygen atoms in total. The van der Waals surface area contributed by atoms with Gasteiger partial charge in [0.05, 0.1) is 5.54 Å². The first-order valence-corrected chi connectivity index (χ1v) is 8.51. The van der Waals surface area contributed by atoms with Crippen molar-refractivity contribution < 1.29 is 4.79 Å². The maximum atomic E-state index is 12.3. The Labute approximate surface area is 152 Å². The Morgan fingerprint density at radius 2 is 1.96 bits per heavy atom. The molecule has 1 heterocycles. The zero-order valence-corrected chi connectivity index (χ0v) is 15.9. The molecule has 0 aliphatic carbocycles. The maximum absolute atomic E-state index is 12.3. The SMILES string of the molecule is CCCC(C)(N)C(=O)Nc1cccc(CN2CCN(C)CC2)c1.Cl. The van der Waals surface area contributed by atoms with E-state index in [1.54, 1.807) is 6.92 Å². The van der Waals surface area contributed by atoms with E-state index < -0.39 is 5.54 Å². The highest BCUT2D eigenvalue weighted by Gasteiger charge is 2.27. The van der Waals surface area contributed by atoms with Crippen LogP contribution in [0.5, 0.6) is 0 Å². The minimum absolute atomic E-state index is 0. The molecule has 24 heavy (non-hydrogen) atoms. The Morgan fingerprint density at radius 1 is 1.29 bits per heavy atom. The van der Waals surface area contributed by atoms with Gasteiger partial charge in [0.1, 0.15) is 0 Å². The fraction of sp³-hybridized carbons (Fsp3) is 0.611. The fourth-order valence-electron chi connectivity index (χ4n) is 2.92. The lowest BCUT2D eigenvalue weighted by molar-refractivity contribution is -0.120. The lowest BCUT2D eigenvalue weighted by atomic mass is 9.96. The predicted molar refractivity (Wildman–Crippen MR) is 103 cm³/mol. The van der Waals surface area contributed by atoms with Crippen molar-refractivity contribution in [1.82, 2.24) is 9.80 Å². The number of amides is 1. The molecule has 1 saturated heterocycles. The number of hydrogen-bond donors (Lipinski definition) is 2. The topological polar surface area (TPSA) is 61.6 Å². The average molecular weight is 355 g/mol. The van der Waals surface area contributed by atoms with E-state index in [-0.39, 0.29) is 18.3 Å². The van der Waals surface area contributed by atoms with Crippen molar-refractivity contribution in [2.24, 2.45) is 5.73 Å². The molecule has 0 bridgehead atoms. The third-order valence-electron chi connectivity index (χ3n) is 4.47. The Bertz CT molecular complexity index is 528. The van der Waals surface area contributed by atoms with E-state index in [9.17, 15) is 4.79 Å². The molecule has 0 spiro atoms. The molecular weight excluding hydrogens is 324 g/mol. The van der Waals surface area contributed by atoms with E-state index in [0.29, 0.717) is 6.42 Å². The summed E-state index contributed by atoms with van der Waals surface area (Å²) in [5.74, 6) is -0.115. The summed E-state index contributed by atoms with van der Waals surface area (Å²) in [7, 11) is 2.16. The normalized spacial score (nSPS) is 18.5. The monoisotopic (exact) mass is 354 g/mol. The largest absolute Gasteiger partial charge is 0.324 e. The number of anilines is 1. The van der Waals surface area contributed by atoms with E-state index in [1.807, 2.05) is 19.1 Å². The van der Waals surface area contributed by atoms with Crippen molar-refractivity contribution in [3.8, 4) is 0 Å². The highest BCUT2D eigenvalue weighted by Crippen LogP contribution is 2.17. The lowest BCUT2D eigenvalue weighted by Gasteiger charge is -2.32. The minimum Gasteiger partial charge on any atom is -0.324 e. The summed E-state index contributed by atoms with van der Waals surface area (Å²) in [6.07, 6.45) is 1.57. The molecule has 1 amide bonds. The number of halogens is 1. The van der Waals surface area contributed by atoms with Crippen molar-refractivity contribution in [2.75, 3.05) is 38.5 Å².